The summed E-state index contributed by atoms with van der Waals surface area (Å²) in [6.45, 7) is 5.15. The highest BCUT2D eigenvalue weighted by molar-refractivity contribution is 7.21. The van der Waals surface area contributed by atoms with Gasteiger partial charge >= 0.3 is 0 Å². The predicted octanol–water partition coefficient (Wildman–Crippen LogP) is 2.69. The molecule has 5 heterocycles. The van der Waals surface area contributed by atoms with Crippen molar-refractivity contribution in [3.63, 3.8) is 0 Å². The van der Waals surface area contributed by atoms with Gasteiger partial charge < -0.3 is 16.0 Å². The van der Waals surface area contributed by atoms with E-state index in [-0.39, 0.29) is 17.8 Å². The Morgan fingerprint density at radius 2 is 2.20 bits per heavy atom. The highest BCUT2D eigenvalue weighted by atomic mass is 32.1. The first-order chi connectivity index (χ1) is 14.4. The molecule has 1 atom stereocenters. The van der Waals surface area contributed by atoms with E-state index >= 15 is 0 Å². The van der Waals surface area contributed by atoms with E-state index in [1.807, 2.05) is 24.8 Å². The van der Waals surface area contributed by atoms with E-state index in [9.17, 15) is 9.18 Å². The maximum atomic E-state index is 13.1. The fraction of sp³-hybridized carbons (Fsp3) is 0.300. The molecule has 5 rings (SSSR count). The number of hydrogen-bond donors (Lipinski definition) is 2. The summed E-state index contributed by atoms with van der Waals surface area (Å²) in [5.74, 6) is 0.807. The third-order valence-electron chi connectivity index (χ3n) is 5.36. The number of carbonyl (C=O) groups excluding carboxylic acids is 1. The fourth-order valence-electron chi connectivity index (χ4n) is 3.96. The Labute approximate surface area is 175 Å². The standard InChI is InChI=1S/C20H20FN7OS/c1-10-7-15-24-11(2)26-28(15)20-16(10)17(22)18(30-20)19(29)25-13-5-6-27(9-13)14-4-3-12(21)8-23-14/h3-4,7-8,13H,5-6,9,22H2,1-2H3,(H,25,29)/t13-/m0/s1. The van der Waals surface area contributed by atoms with Gasteiger partial charge in [0.25, 0.3) is 5.91 Å². The SMILES string of the molecule is Cc1nc2cc(C)c3c(N)c(C(=O)N[C@H]4CCN(c5ccc(F)cn5)C4)sc3n2n1. The van der Waals surface area contributed by atoms with Crippen molar-refractivity contribution in [1.82, 2.24) is 24.9 Å². The van der Waals surface area contributed by atoms with Crippen LogP contribution >= 0.6 is 11.3 Å². The van der Waals surface area contributed by atoms with Gasteiger partial charge in [-0.1, -0.05) is 0 Å². The number of carbonyl (C=O) groups is 1. The minimum Gasteiger partial charge on any atom is -0.397 e. The summed E-state index contributed by atoms with van der Waals surface area (Å²) >= 11 is 1.33. The van der Waals surface area contributed by atoms with E-state index in [1.54, 1.807) is 10.6 Å². The summed E-state index contributed by atoms with van der Waals surface area (Å²) in [6, 6.07) is 4.93. The number of thiophene rings is 1. The molecule has 1 saturated heterocycles. The monoisotopic (exact) mass is 425 g/mol. The molecule has 154 valence electrons. The number of aryl methyl sites for hydroxylation is 2. The average Bonchev–Trinajstić information content (AvgIpc) is 3.39. The van der Waals surface area contributed by atoms with Gasteiger partial charge in [0.2, 0.25) is 0 Å². The molecule has 4 aromatic heterocycles. The molecule has 0 radical (unpaired) electrons. The molecule has 0 bridgehead atoms. The molecule has 0 unspecified atom stereocenters. The lowest BCUT2D eigenvalue weighted by Gasteiger charge is -2.17. The summed E-state index contributed by atoms with van der Waals surface area (Å²) in [4.78, 5) is 24.9. The maximum Gasteiger partial charge on any atom is 0.263 e. The molecule has 10 heteroatoms. The summed E-state index contributed by atoms with van der Waals surface area (Å²) in [7, 11) is 0. The number of fused-ring (bicyclic) bond motifs is 3. The topological polar surface area (TPSA) is 101 Å². The molecule has 30 heavy (non-hydrogen) atoms. The van der Waals surface area contributed by atoms with Gasteiger partial charge in [0.05, 0.1) is 11.9 Å². The number of rotatable bonds is 3. The highest BCUT2D eigenvalue weighted by Gasteiger charge is 2.27. The second-order valence-electron chi connectivity index (χ2n) is 7.52. The molecule has 0 spiro atoms. The Balaban J connectivity index is 1.40. The van der Waals surface area contributed by atoms with Gasteiger partial charge in [0, 0.05) is 24.5 Å². The first-order valence-corrected chi connectivity index (χ1v) is 10.4. The van der Waals surface area contributed by atoms with E-state index in [4.69, 9.17) is 5.73 Å². The molecule has 1 amide bonds. The van der Waals surface area contributed by atoms with Crippen molar-refractivity contribution in [2.45, 2.75) is 26.3 Å². The van der Waals surface area contributed by atoms with Crippen molar-refractivity contribution in [1.29, 1.82) is 0 Å². The molecule has 0 aliphatic carbocycles. The van der Waals surface area contributed by atoms with E-state index in [2.05, 4.69) is 20.4 Å². The van der Waals surface area contributed by atoms with Crippen LogP contribution in [0.4, 0.5) is 15.9 Å². The number of nitrogens with one attached hydrogen (secondary N) is 1. The zero-order valence-corrected chi connectivity index (χ0v) is 17.3. The predicted molar refractivity (Wildman–Crippen MR) is 115 cm³/mol. The van der Waals surface area contributed by atoms with Crippen LogP contribution in [-0.2, 0) is 0 Å². The molecule has 0 saturated carbocycles. The molecule has 4 aromatic rings. The first-order valence-electron chi connectivity index (χ1n) is 9.63. The van der Waals surface area contributed by atoms with Crippen molar-refractivity contribution in [3.05, 3.63) is 46.5 Å². The van der Waals surface area contributed by atoms with Crippen LogP contribution in [0.2, 0.25) is 0 Å². The van der Waals surface area contributed by atoms with E-state index < -0.39 is 0 Å². The van der Waals surface area contributed by atoms with Crippen LogP contribution in [0.1, 0.15) is 27.5 Å². The van der Waals surface area contributed by atoms with Crippen LogP contribution in [0.5, 0.6) is 0 Å². The first kappa shape index (κ1) is 18.7. The molecule has 8 nitrogen and oxygen atoms in total. The van der Waals surface area contributed by atoms with Gasteiger partial charge in [-0.3, -0.25) is 4.79 Å². The quantitative estimate of drug-likeness (QED) is 0.523. The second-order valence-corrected chi connectivity index (χ2v) is 8.52. The Kier molecular flexibility index (Phi) is 4.31. The number of nitrogens with two attached hydrogens (primary N) is 1. The van der Waals surface area contributed by atoms with Crippen LogP contribution in [0.3, 0.4) is 0 Å². The van der Waals surface area contributed by atoms with Crippen LogP contribution in [0, 0.1) is 19.7 Å². The zero-order chi connectivity index (χ0) is 21.0. The van der Waals surface area contributed by atoms with Crippen LogP contribution in [0.25, 0.3) is 15.9 Å². The molecule has 1 fully saturated rings. The molecule has 1 aliphatic heterocycles. The van der Waals surface area contributed by atoms with Gasteiger partial charge in [0.15, 0.2) is 5.65 Å². The minimum absolute atomic E-state index is 0.0382. The zero-order valence-electron chi connectivity index (χ0n) is 16.5. The number of halogens is 1. The number of anilines is 2. The van der Waals surface area contributed by atoms with E-state index in [1.165, 1.54) is 23.6 Å². The van der Waals surface area contributed by atoms with Gasteiger partial charge in [-0.15, -0.1) is 11.3 Å². The smallest absolute Gasteiger partial charge is 0.263 e. The van der Waals surface area contributed by atoms with Crippen molar-refractivity contribution in [2.24, 2.45) is 0 Å². The van der Waals surface area contributed by atoms with Crippen molar-refractivity contribution >= 4 is 44.6 Å². The second kappa shape index (κ2) is 6.91. The lowest BCUT2D eigenvalue weighted by Crippen LogP contribution is -2.37. The van der Waals surface area contributed by atoms with Gasteiger partial charge in [-0.2, -0.15) is 5.10 Å². The van der Waals surface area contributed by atoms with E-state index in [0.29, 0.717) is 28.8 Å². The summed E-state index contributed by atoms with van der Waals surface area (Å²) < 4.78 is 14.8. The Hall–Kier alpha value is -3.27. The normalized spacial score (nSPS) is 16.6. The number of hydrogen-bond acceptors (Lipinski definition) is 7. The third kappa shape index (κ3) is 3.04. The van der Waals surface area contributed by atoms with Gasteiger partial charge in [-0.25, -0.2) is 18.9 Å². The van der Waals surface area contributed by atoms with Crippen molar-refractivity contribution in [3.8, 4) is 0 Å². The fourth-order valence-corrected chi connectivity index (χ4v) is 5.11. The lowest BCUT2D eigenvalue weighted by molar-refractivity contribution is 0.0945. The average molecular weight is 425 g/mol. The summed E-state index contributed by atoms with van der Waals surface area (Å²) in [6.07, 6.45) is 1.98. The maximum absolute atomic E-state index is 13.1. The van der Waals surface area contributed by atoms with Crippen molar-refractivity contribution < 1.29 is 9.18 Å². The molecule has 1 aliphatic rings. The molecule has 0 aromatic carbocycles. The van der Waals surface area contributed by atoms with Crippen LogP contribution in [0.15, 0.2) is 24.4 Å². The molecular weight excluding hydrogens is 405 g/mol. The summed E-state index contributed by atoms with van der Waals surface area (Å²) in [5.41, 5.74) is 8.55. The Bertz CT molecular complexity index is 1280. The molecule has 3 N–H and O–H groups in total. The van der Waals surface area contributed by atoms with E-state index in [0.717, 1.165) is 34.4 Å². The number of nitrogens with zero attached hydrogens (tertiary/aromatic N) is 5. The number of amides is 1. The van der Waals surface area contributed by atoms with Gasteiger partial charge in [0.1, 0.15) is 27.2 Å². The van der Waals surface area contributed by atoms with Crippen LogP contribution < -0.4 is 16.0 Å². The minimum atomic E-state index is -0.366. The van der Waals surface area contributed by atoms with Crippen LogP contribution in [-0.4, -0.2) is 44.6 Å². The lowest BCUT2D eigenvalue weighted by atomic mass is 10.1. The largest absolute Gasteiger partial charge is 0.397 e. The third-order valence-corrected chi connectivity index (χ3v) is 6.54. The Morgan fingerprint density at radius 3 is 2.97 bits per heavy atom. The number of nitrogen functional groups attached to an aromatic ring is 1. The Morgan fingerprint density at radius 1 is 1.37 bits per heavy atom. The number of aromatic nitrogens is 4. The summed E-state index contributed by atoms with van der Waals surface area (Å²) in [5, 5.41) is 8.36. The highest BCUT2D eigenvalue weighted by Crippen LogP contribution is 2.36. The van der Waals surface area contributed by atoms with Crippen molar-refractivity contribution in [2.75, 3.05) is 23.7 Å². The number of pyridine rings is 2. The molecular formula is C20H20FN7OS. The van der Waals surface area contributed by atoms with Gasteiger partial charge in [-0.05, 0) is 44.0 Å².